The summed E-state index contributed by atoms with van der Waals surface area (Å²) >= 11 is 12.2. The molecule has 0 aromatic heterocycles. The molecule has 128 valence electrons. The van der Waals surface area contributed by atoms with Gasteiger partial charge in [-0.1, -0.05) is 53.5 Å². The van der Waals surface area contributed by atoms with Crippen molar-refractivity contribution < 1.29 is 14.6 Å². The zero-order valence-corrected chi connectivity index (χ0v) is 14.9. The van der Waals surface area contributed by atoms with Crippen molar-refractivity contribution in [3.63, 3.8) is 0 Å². The molecule has 0 saturated carbocycles. The van der Waals surface area contributed by atoms with Crippen LogP contribution in [-0.4, -0.2) is 18.3 Å². The first-order valence-electron chi connectivity index (χ1n) is 7.51. The minimum Gasteiger partial charge on any atom is -0.508 e. The minimum absolute atomic E-state index is 0.0951. The number of halogens is 2. The molecule has 0 spiro atoms. The van der Waals surface area contributed by atoms with E-state index in [0.717, 1.165) is 10.8 Å². The molecule has 0 radical (unpaired) electrons. The molecule has 1 N–H and O–H groups in total. The molecular weight excluding hydrogens is 361 g/mol. The molecule has 6 heteroatoms. The number of amides is 1. The topological polar surface area (TPSA) is 49.8 Å². The fourth-order valence-corrected chi connectivity index (χ4v) is 3.22. The maximum absolute atomic E-state index is 12.3. The summed E-state index contributed by atoms with van der Waals surface area (Å²) in [5.74, 6) is 0.0951. The van der Waals surface area contributed by atoms with Crippen LogP contribution < -0.4 is 4.90 Å². The van der Waals surface area contributed by atoms with Crippen molar-refractivity contribution in [2.45, 2.75) is 6.54 Å². The lowest BCUT2D eigenvalue weighted by molar-refractivity contribution is 0.178. The van der Waals surface area contributed by atoms with E-state index in [2.05, 4.69) is 0 Å². The summed E-state index contributed by atoms with van der Waals surface area (Å²) in [5, 5.41) is 12.9. The van der Waals surface area contributed by atoms with Crippen molar-refractivity contribution in [1.29, 1.82) is 0 Å². The van der Waals surface area contributed by atoms with Crippen molar-refractivity contribution in [1.82, 2.24) is 0 Å². The van der Waals surface area contributed by atoms with Crippen LogP contribution in [0.5, 0.6) is 5.75 Å². The Hall–Kier alpha value is -2.43. The molecule has 0 saturated heterocycles. The van der Waals surface area contributed by atoms with Crippen LogP contribution >= 0.6 is 23.2 Å². The largest absolute Gasteiger partial charge is 0.508 e. The smallest absolute Gasteiger partial charge is 0.414 e. The highest BCUT2D eigenvalue weighted by molar-refractivity contribution is 6.36. The highest BCUT2D eigenvalue weighted by Gasteiger charge is 2.22. The first-order chi connectivity index (χ1) is 12.0. The van der Waals surface area contributed by atoms with Gasteiger partial charge in [0.2, 0.25) is 0 Å². The molecular formula is C19H15Cl2NO3. The second-order valence-corrected chi connectivity index (χ2v) is 6.28. The van der Waals surface area contributed by atoms with Crippen LogP contribution in [0.4, 0.5) is 10.5 Å². The number of nitrogens with zero attached hydrogens (tertiary/aromatic N) is 1. The van der Waals surface area contributed by atoms with E-state index < -0.39 is 6.09 Å². The van der Waals surface area contributed by atoms with Gasteiger partial charge in [0.05, 0.1) is 24.4 Å². The summed E-state index contributed by atoms with van der Waals surface area (Å²) in [7, 11) is 1.29. The molecule has 0 heterocycles. The summed E-state index contributed by atoms with van der Waals surface area (Å²) in [6.07, 6.45) is -0.587. The number of carbonyl (C=O) groups is 1. The van der Waals surface area contributed by atoms with E-state index in [0.29, 0.717) is 21.3 Å². The number of hydrogen-bond acceptors (Lipinski definition) is 3. The number of benzene rings is 3. The van der Waals surface area contributed by atoms with Gasteiger partial charge in [0.25, 0.3) is 0 Å². The van der Waals surface area contributed by atoms with Gasteiger partial charge < -0.3 is 9.84 Å². The Morgan fingerprint density at radius 1 is 1.12 bits per heavy atom. The molecule has 4 nitrogen and oxygen atoms in total. The molecule has 0 aliphatic rings. The van der Waals surface area contributed by atoms with Crippen LogP contribution in [0.25, 0.3) is 10.8 Å². The maximum Gasteiger partial charge on any atom is 0.414 e. The summed E-state index contributed by atoms with van der Waals surface area (Å²) in [5.41, 5.74) is 1.06. The highest BCUT2D eigenvalue weighted by Crippen LogP contribution is 2.34. The van der Waals surface area contributed by atoms with Crippen molar-refractivity contribution >= 4 is 45.8 Å². The van der Waals surface area contributed by atoms with E-state index in [4.69, 9.17) is 27.9 Å². The Morgan fingerprint density at radius 3 is 2.60 bits per heavy atom. The maximum atomic E-state index is 12.3. The van der Waals surface area contributed by atoms with Gasteiger partial charge >= 0.3 is 6.09 Å². The van der Waals surface area contributed by atoms with Gasteiger partial charge in [0.1, 0.15) is 5.75 Å². The number of rotatable bonds is 3. The van der Waals surface area contributed by atoms with Crippen molar-refractivity contribution in [3.8, 4) is 5.75 Å². The number of fused-ring (bicyclic) bond motifs is 1. The van der Waals surface area contributed by atoms with Gasteiger partial charge in [0, 0.05) is 10.6 Å². The number of phenols is 1. The van der Waals surface area contributed by atoms with E-state index in [1.807, 2.05) is 30.3 Å². The molecule has 25 heavy (non-hydrogen) atoms. The lowest BCUT2D eigenvalue weighted by Gasteiger charge is -2.23. The predicted molar refractivity (Wildman–Crippen MR) is 101 cm³/mol. The second-order valence-electron chi connectivity index (χ2n) is 5.44. The molecule has 0 bridgehead atoms. The fourth-order valence-electron chi connectivity index (χ4n) is 2.71. The molecule has 3 aromatic carbocycles. The Bertz CT molecular complexity index is 943. The van der Waals surface area contributed by atoms with E-state index in [-0.39, 0.29) is 12.3 Å². The van der Waals surface area contributed by atoms with Crippen LogP contribution in [0.3, 0.4) is 0 Å². The van der Waals surface area contributed by atoms with Gasteiger partial charge in [-0.05, 0) is 35.0 Å². The fraction of sp³-hybridized carbons (Fsp3) is 0.105. The van der Waals surface area contributed by atoms with Crippen LogP contribution in [0, 0.1) is 0 Å². The average Bonchev–Trinajstić information content (AvgIpc) is 2.61. The Kier molecular flexibility index (Phi) is 5.02. The summed E-state index contributed by atoms with van der Waals surface area (Å²) < 4.78 is 4.89. The van der Waals surface area contributed by atoms with E-state index in [9.17, 15) is 9.90 Å². The second kappa shape index (κ2) is 7.21. The predicted octanol–water partition coefficient (Wildman–Crippen LogP) is 5.63. The summed E-state index contributed by atoms with van der Waals surface area (Å²) in [6.45, 7) is 0.0984. The third-order valence-corrected chi connectivity index (χ3v) is 4.47. The number of aromatic hydroxyl groups is 1. The Labute approximate surface area is 155 Å². The molecule has 0 unspecified atom stereocenters. The molecule has 3 rings (SSSR count). The van der Waals surface area contributed by atoms with Gasteiger partial charge in [-0.15, -0.1) is 0 Å². The Morgan fingerprint density at radius 2 is 1.88 bits per heavy atom. The normalized spacial score (nSPS) is 10.7. The zero-order valence-electron chi connectivity index (χ0n) is 13.4. The summed E-state index contributed by atoms with van der Waals surface area (Å²) in [6, 6.07) is 15.9. The number of ether oxygens (including phenoxy) is 1. The molecule has 0 aliphatic heterocycles. The lowest BCUT2D eigenvalue weighted by Crippen LogP contribution is -2.30. The van der Waals surface area contributed by atoms with E-state index in [1.165, 1.54) is 12.0 Å². The van der Waals surface area contributed by atoms with E-state index in [1.54, 1.807) is 24.3 Å². The van der Waals surface area contributed by atoms with Crippen LogP contribution in [0.15, 0.2) is 54.6 Å². The van der Waals surface area contributed by atoms with Crippen LogP contribution in [-0.2, 0) is 11.3 Å². The van der Waals surface area contributed by atoms with Crippen LogP contribution in [0.1, 0.15) is 5.56 Å². The summed E-state index contributed by atoms with van der Waals surface area (Å²) in [4.78, 5) is 13.7. The van der Waals surface area contributed by atoms with Gasteiger partial charge in [0.15, 0.2) is 0 Å². The average molecular weight is 376 g/mol. The third kappa shape index (κ3) is 3.50. The lowest BCUT2D eigenvalue weighted by atomic mass is 10.0. The standard InChI is InChI=1S/C19H15Cl2NO3/c1-25-19(24)22(17-8-7-13(20)10-16(17)21)11-15-14-5-3-2-4-12(14)6-9-18(15)23/h2-10,23H,11H2,1H3. The molecule has 1 amide bonds. The Balaban J connectivity index is 2.11. The minimum atomic E-state index is -0.587. The van der Waals surface area contributed by atoms with Gasteiger partial charge in [-0.2, -0.15) is 0 Å². The van der Waals surface area contributed by atoms with Crippen molar-refractivity contribution in [2.75, 3.05) is 12.0 Å². The first-order valence-corrected chi connectivity index (χ1v) is 8.27. The van der Waals surface area contributed by atoms with Gasteiger partial charge in [-0.3, -0.25) is 4.90 Å². The molecule has 0 atom stereocenters. The van der Waals surface area contributed by atoms with Crippen molar-refractivity contribution in [3.05, 3.63) is 70.2 Å². The number of anilines is 1. The number of phenolic OH excluding ortho intramolecular Hbond substituents is 1. The first kappa shape index (κ1) is 17.4. The van der Waals surface area contributed by atoms with Crippen LogP contribution in [0.2, 0.25) is 10.0 Å². The molecule has 0 aliphatic carbocycles. The number of methoxy groups -OCH3 is 1. The van der Waals surface area contributed by atoms with Gasteiger partial charge in [-0.25, -0.2) is 4.79 Å². The quantitative estimate of drug-likeness (QED) is 0.645. The van der Waals surface area contributed by atoms with Crippen molar-refractivity contribution in [2.24, 2.45) is 0 Å². The molecule has 0 fully saturated rings. The number of carbonyl (C=O) groups excluding carboxylic acids is 1. The van der Waals surface area contributed by atoms with E-state index >= 15 is 0 Å². The number of hydrogen-bond donors (Lipinski definition) is 1. The monoisotopic (exact) mass is 375 g/mol. The third-order valence-electron chi connectivity index (χ3n) is 3.93. The zero-order chi connectivity index (χ0) is 18.0. The SMILES string of the molecule is COC(=O)N(Cc1c(O)ccc2ccccc12)c1ccc(Cl)cc1Cl. The highest BCUT2D eigenvalue weighted by atomic mass is 35.5. The molecule has 3 aromatic rings.